The Morgan fingerprint density at radius 1 is 0.314 bits per heavy atom. The highest BCUT2D eigenvalue weighted by atomic mass is 33.1. The van der Waals surface area contributed by atoms with E-state index < -0.39 is 0 Å². The Morgan fingerprint density at radius 3 is 0.829 bits per heavy atom. The Hall–Kier alpha value is 0.620. The van der Waals surface area contributed by atoms with Gasteiger partial charge in [0.2, 0.25) is 0 Å². The van der Waals surface area contributed by atoms with Crippen LogP contribution < -0.4 is 0 Å². The maximum absolute atomic E-state index is 3.09. The molecule has 0 bridgehead atoms. The number of rotatable bonds is 53. The second-order valence-electron chi connectivity index (χ2n) is 25.1. The zero-order valence-corrected chi connectivity index (χ0v) is 50.1. The normalized spacial score (nSPS) is 23.5. The molecule has 8 atom stereocenters. The Balaban J connectivity index is 1.13. The largest absolute Gasteiger partial charge is 0.297 e. The van der Waals surface area contributed by atoms with Gasteiger partial charge in [-0.25, -0.2) is 0 Å². The minimum Gasteiger partial charge on any atom is -0.297 e. The van der Waals surface area contributed by atoms with Crippen molar-refractivity contribution in [3.05, 3.63) is 0 Å². The molecule has 8 unspecified atom stereocenters. The van der Waals surface area contributed by atoms with E-state index in [4.69, 9.17) is 0 Å². The highest BCUT2D eigenvalue weighted by Crippen LogP contribution is 2.47. The molecule has 0 radical (unpaired) electrons. The maximum atomic E-state index is 3.09. The van der Waals surface area contributed by atoms with Gasteiger partial charge in [0.25, 0.3) is 0 Å². The average molecular weight is 1010 g/mol. The maximum Gasteiger partial charge on any atom is 0.0198 e. The predicted octanol–water partition coefficient (Wildman–Crippen LogP) is 22.6. The van der Waals surface area contributed by atoms with Crippen LogP contribution in [0.4, 0.5) is 0 Å². The van der Waals surface area contributed by atoms with Gasteiger partial charge in [0.15, 0.2) is 0 Å². The molecular weight excluding hydrogens is 885 g/mol. The van der Waals surface area contributed by atoms with E-state index in [-0.39, 0.29) is 0 Å². The van der Waals surface area contributed by atoms with Gasteiger partial charge in [-0.3, -0.25) is 9.80 Å². The molecule has 0 spiro atoms. The lowest BCUT2D eigenvalue weighted by molar-refractivity contribution is 0.166. The first kappa shape index (κ1) is 63.2. The molecule has 2 saturated carbocycles. The van der Waals surface area contributed by atoms with Crippen LogP contribution in [0.2, 0.25) is 0 Å². The first-order chi connectivity index (χ1) is 34.7. The summed E-state index contributed by atoms with van der Waals surface area (Å²) in [5, 5.41) is 0. The molecule has 4 fully saturated rings. The summed E-state index contributed by atoms with van der Waals surface area (Å²) >= 11 is 0. The van der Waals surface area contributed by atoms with Gasteiger partial charge in [0.05, 0.1) is 0 Å². The van der Waals surface area contributed by atoms with Crippen molar-refractivity contribution in [1.29, 1.82) is 0 Å². The molecule has 2 aliphatic heterocycles. The Kier molecular flexibility index (Phi) is 39.4. The van der Waals surface area contributed by atoms with Crippen LogP contribution in [0, 0.1) is 23.7 Å². The van der Waals surface area contributed by atoms with Crippen LogP contribution in [0.3, 0.4) is 0 Å². The Bertz CT molecular complexity index is 1050. The van der Waals surface area contributed by atoms with Crippen molar-refractivity contribution in [2.45, 2.75) is 373 Å². The first-order valence-electron chi connectivity index (χ1n) is 33.4. The van der Waals surface area contributed by atoms with E-state index >= 15 is 0 Å². The summed E-state index contributed by atoms with van der Waals surface area (Å²) in [6, 6.07) is 3.36. The van der Waals surface area contributed by atoms with Crippen LogP contribution in [-0.4, -0.2) is 58.6 Å². The Labute approximate surface area is 450 Å². The third-order valence-corrected chi connectivity index (χ3v) is 21.4. The second kappa shape index (κ2) is 43.7. The smallest absolute Gasteiger partial charge is 0.0198 e. The first-order valence-corrected chi connectivity index (χ1v) is 35.9. The van der Waals surface area contributed by atoms with Crippen molar-refractivity contribution >= 4 is 21.6 Å². The van der Waals surface area contributed by atoms with Crippen molar-refractivity contribution in [2.24, 2.45) is 23.7 Å². The van der Waals surface area contributed by atoms with E-state index in [2.05, 4.69) is 59.1 Å². The molecule has 70 heavy (non-hydrogen) atoms. The van der Waals surface area contributed by atoms with Crippen molar-refractivity contribution in [2.75, 3.05) is 24.6 Å². The van der Waals surface area contributed by atoms with Gasteiger partial charge in [-0.15, -0.1) is 0 Å². The Morgan fingerprint density at radius 2 is 0.557 bits per heavy atom. The summed E-state index contributed by atoms with van der Waals surface area (Å²) in [4.78, 5) is 6.17. The molecule has 4 rings (SSSR count). The lowest BCUT2D eigenvalue weighted by atomic mass is 9.98. The van der Waals surface area contributed by atoms with Crippen LogP contribution in [0.5, 0.6) is 0 Å². The fourth-order valence-corrected chi connectivity index (χ4v) is 16.7. The highest BCUT2D eigenvalue weighted by molar-refractivity contribution is 8.76. The lowest BCUT2D eigenvalue weighted by Gasteiger charge is -2.34. The average Bonchev–Trinajstić information content (AvgIpc) is 4.18. The van der Waals surface area contributed by atoms with Gasteiger partial charge in [0, 0.05) is 35.7 Å². The van der Waals surface area contributed by atoms with Gasteiger partial charge in [-0.2, -0.15) is 0 Å². The third kappa shape index (κ3) is 30.4. The third-order valence-electron chi connectivity index (χ3n) is 18.9. The summed E-state index contributed by atoms with van der Waals surface area (Å²) in [6.07, 6.45) is 73.9. The molecule has 0 amide bonds. The molecule has 4 aliphatic rings. The minimum absolute atomic E-state index is 0.829. The molecule has 0 aromatic carbocycles. The number of hydrogen-bond acceptors (Lipinski definition) is 4. The molecule has 414 valence electrons. The summed E-state index contributed by atoms with van der Waals surface area (Å²) in [6.45, 7) is 12.2. The quantitative estimate of drug-likeness (QED) is 0.0442. The monoisotopic (exact) mass is 1010 g/mol. The van der Waals surface area contributed by atoms with Gasteiger partial charge in [0.1, 0.15) is 0 Å². The number of likely N-dealkylation sites (tertiary alicyclic amines) is 2. The zero-order chi connectivity index (χ0) is 49.4. The minimum atomic E-state index is 0.829. The van der Waals surface area contributed by atoms with Crippen LogP contribution in [0.1, 0.15) is 349 Å². The van der Waals surface area contributed by atoms with Gasteiger partial charge in [-0.1, -0.05) is 306 Å². The molecule has 2 heterocycles. The van der Waals surface area contributed by atoms with Gasteiger partial charge < -0.3 is 0 Å². The van der Waals surface area contributed by atoms with E-state index in [1.54, 1.807) is 38.5 Å². The molecule has 0 aromatic heterocycles. The zero-order valence-electron chi connectivity index (χ0n) is 48.5. The predicted molar refractivity (Wildman–Crippen MR) is 321 cm³/mol. The molecule has 2 saturated heterocycles. The summed E-state index contributed by atoms with van der Waals surface area (Å²) in [7, 11) is 4.57. The van der Waals surface area contributed by atoms with Crippen molar-refractivity contribution in [1.82, 2.24) is 9.80 Å². The van der Waals surface area contributed by atoms with Crippen LogP contribution >= 0.6 is 21.6 Å². The van der Waals surface area contributed by atoms with Crippen LogP contribution in [0.25, 0.3) is 0 Å². The second-order valence-corrected chi connectivity index (χ2v) is 27.6. The molecule has 2 nitrogen and oxygen atoms in total. The van der Waals surface area contributed by atoms with E-state index in [0.29, 0.717) is 0 Å². The molecule has 4 heteroatoms. The number of unbranched alkanes of at least 4 members (excludes halogenated alkanes) is 30. The molecule has 0 aromatic rings. The summed E-state index contributed by atoms with van der Waals surface area (Å²) in [5.41, 5.74) is 0. The van der Waals surface area contributed by atoms with E-state index in [9.17, 15) is 0 Å². The highest BCUT2D eigenvalue weighted by Gasteiger charge is 2.36. The molecule has 0 N–H and O–H groups in total. The van der Waals surface area contributed by atoms with Crippen LogP contribution in [-0.2, 0) is 0 Å². The fourth-order valence-electron chi connectivity index (χ4n) is 14.0. The summed E-state index contributed by atoms with van der Waals surface area (Å²) in [5.74, 6) is 7.18. The van der Waals surface area contributed by atoms with Crippen molar-refractivity contribution < 1.29 is 0 Å². The van der Waals surface area contributed by atoms with Crippen molar-refractivity contribution in [3.8, 4) is 0 Å². The van der Waals surface area contributed by atoms with E-state index in [1.165, 1.54) is 307 Å². The lowest BCUT2D eigenvalue weighted by Crippen LogP contribution is -2.41. The van der Waals surface area contributed by atoms with Gasteiger partial charge in [-0.05, 0) is 101 Å². The van der Waals surface area contributed by atoms with Crippen LogP contribution in [0.15, 0.2) is 0 Å². The SMILES string of the molecule is CCCCCCCCCC(CCCCCCCC1CC1CCCCCCCC)N1CCCC1CSSCC1CCCN1C(CCCCCCCCC)CCCCCCCC1CC1CCCCCCCC. The van der Waals surface area contributed by atoms with E-state index in [1.807, 2.05) is 0 Å². The topological polar surface area (TPSA) is 6.48 Å². The van der Waals surface area contributed by atoms with Crippen molar-refractivity contribution in [3.63, 3.8) is 0 Å². The van der Waals surface area contributed by atoms with Gasteiger partial charge >= 0.3 is 0 Å². The molecule has 2 aliphatic carbocycles. The molecular formula is C66H128N2S2. The fraction of sp³-hybridized carbons (Fsp3) is 1.00. The summed E-state index contributed by atoms with van der Waals surface area (Å²) < 4.78 is 0. The number of nitrogens with zero attached hydrogens (tertiary/aromatic N) is 2. The van der Waals surface area contributed by atoms with E-state index in [0.717, 1.165) is 47.8 Å². The number of hydrogen-bond donors (Lipinski definition) is 0. The standard InChI is InChI=1S/C66H128N2S2/c1-5-9-13-17-21-29-37-47-63(49-39-31-23-27-35-45-61-55-59(61)43-33-25-19-15-11-7-3)67-53-41-51-65(67)57-69-70-58-66-52-42-54-68(66)64(48-38-30-22-18-14-10-6-2)50-40-32-24-28-36-46-62-56-60(62)44-34-26-20-16-12-8-4/h59-66H,5-58H2,1-4H3.